The quantitative estimate of drug-likeness (QED) is 0.746. The first-order chi connectivity index (χ1) is 7.58. The van der Waals surface area contributed by atoms with Gasteiger partial charge in [-0.1, -0.05) is 27.7 Å². The molecule has 0 aromatic carbocycles. The van der Waals surface area contributed by atoms with Crippen LogP contribution in [-0.2, 0) is 13.0 Å². The van der Waals surface area contributed by atoms with Crippen molar-refractivity contribution in [3.8, 4) is 0 Å². The van der Waals surface area contributed by atoms with E-state index in [1.807, 2.05) is 6.20 Å². The zero-order valence-corrected chi connectivity index (χ0v) is 11.0. The first-order valence-electron chi connectivity index (χ1n) is 6.31. The first kappa shape index (κ1) is 13.2. The Balaban J connectivity index is 2.28. The van der Waals surface area contributed by atoms with Crippen LogP contribution in [-0.4, -0.2) is 16.5 Å². The Kier molecular flexibility index (Phi) is 5.53. The molecule has 0 aliphatic carbocycles. The van der Waals surface area contributed by atoms with E-state index < -0.39 is 0 Å². The molecule has 1 aromatic heterocycles. The highest BCUT2D eigenvalue weighted by molar-refractivity contribution is 5.01. The highest BCUT2D eigenvalue weighted by Gasteiger charge is 2.02. The lowest BCUT2D eigenvalue weighted by molar-refractivity contribution is 0.547. The first-order valence-corrected chi connectivity index (χ1v) is 6.31. The third kappa shape index (κ3) is 5.31. The van der Waals surface area contributed by atoms with Crippen LogP contribution in [0.15, 0.2) is 6.20 Å². The van der Waals surface area contributed by atoms with E-state index in [1.165, 1.54) is 12.1 Å². The Labute approximate surface area is 99.1 Å². The summed E-state index contributed by atoms with van der Waals surface area (Å²) in [7, 11) is 0. The summed E-state index contributed by atoms with van der Waals surface area (Å²) in [5.74, 6) is 2.56. The standard InChI is InChI=1S/C13H25N3/c1-10(2)5-6-13-15-9-12(16-13)8-14-7-11(3)4/h9-11,14H,5-8H2,1-4H3,(H,15,16). The fraction of sp³-hybridized carbons (Fsp3) is 0.769. The van der Waals surface area contributed by atoms with E-state index in [1.54, 1.807) is 0 Å². The van der Waals surface area contributed by atoms with Crippen molar-refractivity contribution in [2.24, 2.45) is 11.8 Å². The molecule has 0 radical (unpaired) electrons. The van der Waals surface area contributed by atoms with E-state index in [9.17, 15) is 0 Å². The number of aryl methyl sites for hydroxylation is 1. The number of H-pyrrole nitrogens is 1. The second kappa shape index (κ2) is 6.69. The van der Waals surface area contributed by atoms with Gasteiger partial charge in [-0.2, -0.15) is 0 Å². The fourth-order valence-corrected chi connectivity index (χ4v) is 1.54. The van der Waals surface area contributed by atoms with E-state index >= 15 is 0 Å². The van der Waals surface area contributed by atoms with Gasteiger partial charge in [0, 0.05) is 24.9 Å². The molecule has 92 valence electrons. The van der Waals surface area contributed by atoms with Crippen molar-refractivity contribution in [1.82, 2.24) is 15.3 Å². The van der Waals surface area contributed by atoms with Crippen molar-refractivity contribution in [3.05, 3.63) is 17.7 Å². The number of aromatic amines is 1. The molecule has 0 bridgehead atoms. The van der Waals surface area contributed by atoms with Gasteiger partial charge in [-0.3, -0.25) is 0 Å². The zero-order chi connectivity index (χ0) is 12.0. The lowest BCUT2D eigenvalue weighted by atomic mass is 10.1. The van der Waals surface area contributed by atoms with Gasteiger partial charge in [-0.25, -0.2) is 4.98 Å². The third-order valence-electron chi connectivity index (χ3n) is 2.51. The Bertz CT molecular complexity index is 289. The second-order valence-electron chi connectivity index (χ2n) is 5.31. The number of rotatable bonds is 7. The molecule has 16 heavy (non-hydrogen) atoms. The molecule has 1 rings (SSSR count). The van der Waals surface area contributed by atoms with Gasteiger partial charge in [-0.15, -0.1) is 0 Å². The molecule has 0 fully saturated rings. The minimum atomic E-state index is 0.698. The molecule has 1 aromatic rings. The lowest BCUT2D eigenvalue weighted by Crippen LogP contribution is -2.19. The number of hydrogen-bond acceptors (Lipinski definition) is 2. The third-order valence-corrected chi connectivity index (χ3v) is 2.51. The van der Waals surface area contributed by atoms with Gasteiger partial charge >= 0.3 is 0 Å². The average molecular weight is 223 g/mol. The molecule has 0 spiro atoms. The van der Waals surface area contributed by atoms with Gasteiger partial charge in [0.15, 0.2) is 0 Å². The summed E-state index contributed by atoms with van der Waals surface area (Å²) < 4.78 is 0. The van der Waals surface area contributed by atoms with Crippen LogP contribution in [0.25, 0.3) is 0 Å². The van der Waals surface area contributed by atoms with E-state index in [-0.39, 0.29) is 0 Å². The number of aromatic nitrogens is 2. The second-order valence-corrected chi connectivity index (χ2v) is 5.31. The minimum absolute atomic E-state index is 0.698. The van der Waals surface area contributed by atoms with Crippen molar-refractivity contribution in [3.63, 3.8) is 0 Å². The monoisotopic (exact) mass is 223 g/mol. The maximum absolute atomic E-state index is 4.39. The van der Waals surface area contributed by atoms with Gasteiger partial charge in [-0.05, 0) is 24.8 Å². The van der Waals surface area contributed by atoms with E-state index in [4.69, 9.17) is 0 Å². The van der Waals surface area contributed by atoms with E-state index in [0.717, 1.165) is 31.3 Å². The molecular formula is C13H25N3. The maximum Gasteiger partial charge on any atom is 0.106 e. The van der Waals surface area contributed by atoms with Crippen LogP contribution >= 0.6 is 0 Å². The summed E-state index contributed by atoms with van der Waals surface area (Å²) in [6.45, 7) is 10.9. The normalized spacial score (nSPS) is 11.6. The van der Waals surface area contributed by atoms with Crippen LogP contribution in [0.4, 0.5) is 0 Å². The van der Waals surface area contributed by atoms with E-state index in [0.29, 0.717) is 5.92 Å². The van der Waals surface area contributed by atoms with Crippen molar-refractivity contribution in [1.29, 1.82) is 0 Å². The van der Waals surface area contributed by atoms with Crippen LogP contribution in [0.2, 0.25) is 0 Å². The van der Waals surface area contributed by atoms with Crippen molar-refractivity contribution >= 4 is 0 Å². The molecule has 3 nitrogen and oxygen atoms in total. The molecule has 1 heterocycles. The maximum atomic E-state index is 4.39. The highest BCUT2D eigenvalue weighted by atomic mass is 15.0. The summed E-state index contributed by atoms with van der Waals surface area (Å²) in [4.78, 5) is 7.76. The molecule has 0 aliphatic rings. The van der Waals surface area contributed by atoms with Gasteiger partial charge in [0.25, 0.3) is 0 Å². The van der Waals surface area contributed by atoms with Crippen LogP contribution in [0, 0.1) is 11.8 Å². The number of nitrogens with one attached hydrogen (secondary N) is 2. The lowest BCUT2D eigenvalue weighted by Gasteiger charge is -2.05. The summed E-state index contributed by atoms with van der Waals surface area (Å²) in [5, 5.41) is 3.41. The molecule has 3 heteroatoms. The van der Waals surface area contributed by atoms with Crippen LogP contribution in [0.5, 0.6) is 0 Å². The smallest absolute Gasteiger partial charge is 0.106 e. The highest BCUT2D eigenvalue weighted by Crippen LogP contribution is 2.06. The summed E-state index contributed by atoms with van der Waals surface area (Å²) >= 11 is 0. The summed E-state index contributed by atoms with van der Waals surface area (Å²) in [5.41, 5.74) is 1.19. The Morgan fingerprint density at radius 1 is 1.25 bits per heavy atom. The molecule has 0 saturated heterocycles. The Hall–Kier alpha value is -0.830. The number of hydrogen-bond donors (Lipinski definition) is 2. The van der Waals surface area contributed by atoms with Crippen molar-refractivity contribution in [2.45, 2.75) is 47.1 Å². The predicted molar refractivity (Wildman–Crippen MR) is 68.3 cm³/mol. The summed E-state index contributed by atoms with van der Waals surface area (Å²) in [6, 6.07) is 0. The minimum Gasteiger partial charge on any atom is -0.345 e. The predicted octanol–water partition coefficient (Wildman–Crippen LogP) is 2.74. The largest absolute Gasteiger partial charge is 0.345 e. The molecule has 2 N–H and O–H groups in total. The van der Waals surface area contributed by atoms with Gasteiger partial charge in [0.2, 0.25) is 0 Å². The topological polar surface area (TPSA) is 40.7 Å². The van der Waals surface area contributed by atoms with Crippen LogP contribution < -0.4 is 5.32 Å². The van der Waals surface area contributed by atoms with E-state index in [2.05, 4.69) is 43.0 Å². The molecule has 0 aliphatic heterocycles. The average Bonchev–Trinajstić information content (AvgIpc) is 2.62. The Morgan fingerprint density at radius 2 is 2.00 bits per heavy atom. The van der Waals surface area contributed by atoms with Crippen LogP contribution in [0.1, 0.15) is 45.6 Å². The SMILES string of the molecule is CC(C)CCc1ncc(CNCC(C)C)[nH]1. The number of imidazole rings is 1. The molecule has 0 amide bonds. The molecule has 0 unspecified atom stereocenters. The van der Waals surface area contributed by atoms with Gasteiger partial charge in [0.1, 0.15) is 5.82 Å². The molecule has 0 saturated carbocycles. The Morgan fingerprint density at radius 3 is 2.62 bits per heavy atom. The van der Waals surface area contributed by atoms with Gasteiger partial charge < -0.3 is 10.3 Å². The fourth-order valence-electron chi connectivity index (χ4n) is 1.54. The van der Waals surface area contributed by atoms with Crippen molar-refractivity contribution < 1.29 is 0 Å². The number of nitrogens with zero attached hydrogens (tertiary/aromatic N) is 1. The van der Waals surface area contributed by atoms with Crippen LogP contribution in [0.3, 0.4) is 0 Å². The van der Waals surface area contributed by atoms with Gasteiger partial charge in [0.05, 0.1) is 0 Å². The van der Waals surface area contributed by atoms with Crippen molar-refractivity contribution in [2.75, 3.05) is 6.54 Å². The zero-order valence-electron chi connectivity index (χ0n) is 11.0. The molecular weight excluding hydrogens is 198 g/mol. The molecule has 0 atom stereocenters. The summed E-state index contributed by atoms with van der Waals surface area (Å²) in [6.07, 6.45) is 4.21.